The Morgan fingerprint density at radius 2 is 2.00 bits per heavy atom. The maximum atomic E-state index is 3.91. The van der Waals surface area contributed by atoms with Gasteiger partial charge in [0.15, 0.2) is 0 Å². The lowest BCUT2D eigenvalue weighted by Crippen LogP contribution is -2.21. The molecule has 0 aliphatic rings. The van der Waals surface area contributed by atoms with Crippen LogP contribution in [0.25, 0.3) is 12.7 Å². The van der Waals surface area contributed by atoms with Crippen LogP contribution < -0.4 is 10.4 Å². The van der Waals surface area contributed by atoms with Crippen LogP contribution in [0.3, 0.4) is 0 Å². The van der Waals surface area contributed by atoms with E-state index in [1.807, 2.05) is 37.3 Å². The minimum absolute atomic E-state index is 1.07. The molecule has 11 heavy (non-hydrogen) atoms. The number of hydrogen-bond donors (Lipinski definition) is 0. The number of allylic oxidation sites excluding steroid dienone is 2. The minimum atomic E-state index is 1.07. The van der Waals surface area contributed by atoms with Gasteiger partial charge in [0.25, 0.3) is 0 Å². The third kappa shape index (κ3) is 2.08. The third-order valence-electron chi connectivity index (χ3n) is 1.52. The molecule has 0 amide bonds. The van der Waals surface area contributed by atoms with Crippen LogP contribution in [0, 0.1) is 0 Å². The van der Waals surface area contributed by atoms with Crippen LogP contribution in [-0.4, -0.2) is 0 Å². The van der Waals surface area contributed by atoms with Crippen molar-refractivity contribution in [2.24, 2.45) is 0 Å². The van der Waals surface area contributed by atoms with E-state index in [4.69, 9.17) is 0 Å². The van der Waals surface area contributed by atoms with Crippen LogP contribution in [0.15, 0.2) is 36.4 Å². The van der Waals surface area contributed by atoms with E-state index in [1.165, 1.54) is 5.22 Å². The molecule has 0 saturated heterocycles. The highest BCUT2D eigenvalue weighted by Gasteiger charge is 1.76. The van der Waals surface area contributed by atoms with Crippen molar-refractivity contribution in [3.8, 4) is 0 Å². The van der Waals surface area contributed by atoms with Crippen molar-refractivity contribution in [3.63, 3.8) is 0 Å². The van der Waals surface area contributed by atoms with E-state index in [2.05, 4.69) is 18.7 Å². The lowest BCUT2D eigenvalue weighted by molar-refractivity contribution is 1.53. The molecule has 0 unspecified atom stereocenters. The van der Waals surface area contributed by atoms with Gasteiger partial charge in [-0.1, -0.05) is 49.1 Å². The van der Waals surface area contributed by atoms with Gasteiger partial charge in [-0.2, -0.15) is 0 Å². The third-order valence-corrected chi connectivity index (χ3v) is 1.52. The lowest BCUT2D eigenvalue weighted by Gasteiger charge is -1.84. The van der Waals surface area contributed by atoms with Crippen LogP contribution in [0.1, 0.15) is 6.92 Å². The predicted octanol–water partition coefficient (Wildman–Crippen LogP) is 1.45. The standard InChI is InChI=1S/C11H12/c1-3-4-8-11-9-6-5-7-10(11)2/h3-9H,2H2,1H3/b4-3+,11-8+. The topological polar surface area (TPSA) is 0 Å². The van der Waals surface area contributed by atoms with Crippen LogP contribution >= 0.6 is 0 Å². The first-order valence-electron chi connectivity index (χ1n) is 3.71. The first kappa shape index (κ1) is 7.80. The van der Waals surface area contributed by atoms with E-state index in [0.717, 1.165) is 5.22 Å². The van der Waals surface area contributed by atoms with Gasteiger partial charge in [-0.15, -0.1) is 0 Å². The van der Waals surface area contributed by atoms with Gasteiger partial charge >= 0.3 is 0 Å². The van der Waals surface area contributed by atoms with E-state index in [9.17, 15) is 0 Å². The zero-order valence-electron chi connectivity index (χ0n) is 6.75. The van der Waals surface area contributed by atoms with Crippen LogP contribution in [0.5, 0.6) is 0 Å². The number of hydrogen-bond acceptors (Lipinski definition) is 0. The summed E-state index contributed by atoms with van der Waals surface area (Å²) in [6, 6.07) is 8.08. The lowest BCUT2D eigenvalue weighted by atomic mass is 10.2. The molecule has 0 aromatic heterocycles. The smallest absolute Gasteiger partial charge is 0.0190 e. The van der Waals surface area contributed by atoms with E-state index in [-0.39, 0.29) is 0 Å². The van der Waals surface area contributed by atoms with Crippen molar-refractivity contribution in [1.29, 1.82) is 0 Å². The van der Waals surface area contributed by atoms with Crippen molar-refractivity contribution in [1.82, 2.24) is 0 Å². The molecule has 0 aliphatic carbocycles. The first-order valence-corrected chi connectivity index (χ1v) is 3.71. The van der Waals surface area contributed by atoms with Crippen LogP contribution in [0.2, 0.25) is 0 Å². The largest absolute Gasteiger partial charge is 0.0912 e. The fourth-order valence-corrected chi connectivity index (χ4v) is 0.897. The van der Waals surface area contributed by atoms with E-state index in [1.54, 1.807) is 0 Å². The average molecular weight is 144 g/mol. The molecule has 0 heterocycles. The normalized spacial score (nSPS) is 12.6. The summed E-state index contributed by atoms with van der Waals surface area (Å²) in [5, 5.41) is 2.26. The number of rotatable bonds is 1. The van der Waals surface area contributed by atoms with E-state index in [0.29, 0.717) is 0 Å². The summed E-state index contributed by atoms with van der Waals surface area (Å²) in [6.45, 7) is 5.91. The molecule has 0 nitrogen and oxygen atoms in total. The van der Waals surface area contributed by atoms with Crippen LogP contribution in [0.4, 0.5) is 0 Å². The van der Waals surface area contributed by atoms with Gasteiger partial charge in [-0.3, -0.25) is 0 Å². The molecule has 0 radical (unpaired) electrons. The maximum absolute atomic E-state index is 3.91. The Kier molecular flexibility index (Phi) is 2.67. The summed E-state index contributed by atoms with van der Waals surface area (Å²) in [5.74, 6) is 0. The van der Waals surface area contributed by atoms with Crippen molar-refractivity contribution in [2.45, 2.75) is 6.92 Å². The summed E-state index contributed by atoms with van der Waals surface area (Å²) in [6.07, 6.45) is 6.08. The molecule has 0 heteroatoms. The molecule has 0 aliphatic heterocycles. The molecular formula is C11H12. The van der Waals surface area contributed by atoms with Crippen molar-refractivity contribution in [2.75, 3.05) is 0 Å². The summed E-state index contributed by atoms with van der Waals surface area (Å²) in [4.78, 5) is 0. The Labute approximate surface area is 67.2 Å². The molecule has 0 bridgehead atoms. The van der Waals surface area contributed by atoms with Gasteiger partial charge in [0.1, 0.15) is 0 Å². The number of benzene rings is 1. The molecule has 0 spiro atoms. The van der Waals surface area contributed by atoms with Gasteiger partial charge < -0.3 is 0 Å². The van der Waals surface area contributed by atoms with Gasteiger partial charge in [0.05, 0.1) is 0 Å². The molecule has 56 valence electrons. The summed E-state index contributed by atoms with van der Waals surface area (Å²) >= 11 is 0. The highest BCUT2D eigenvalue weighted by Crippen LogP contribution is 1.73. The monoisotopic (exact) mass is 144 g/mol. The molecule has 1 rings (SSSR count). The quantitative estimate of drug-likeness (QED) is 0.559. The second-order valence-electron chi connectivity index (χ2n) is 2.39. The first-order chi connectivity index (χ1) is 5.34. The fourth-order valence-electron chi connectivity index (χ4n) is 0.897. The van der Waals surface area contributed by atoms with Gasteiger partial charge in [0.2, 0.25) is 0 Å². The minimum Gasteiger partial charge on any atom is -0.0912 e. The van der Waals surface area contributed by atoms with Crippen molar-refractivity contribution < 1.29 is 0 Å². The molecule has 0 N–H and O–H groups in total. The summed E-state index contributed by atoms with van der Waals surface area (Å²) < 4.78 is 0. The Hall–Kier alpha value is -1.30. The van der Waals surface area contributed by atoms with E-state index < -0.39 is 0 Å². The van der Waals surface area contributed by atoms with Gasteiger partial charge in [0, 0.05) is 0 Å². The Balaban J connectivity index is 3.24. The zero-order chi connectivity index (χ0) is 8.10. The molecular weight excluding hydrogens is 132 g/mol. The average Bonchev–Trinajstić information content (AvgIpc) is 2.03. The van der Waals surface area contributed by atoms with Gasteiger partial charge in [-0.05, 0) is 17.4 Å². The van der Waals surface area contributed by atoms with Crippen LogP contribution in [-0.2, 0) is 0 Å². The predicted molar refractivity (Wildman–Crippen MR) is 50.5 cm³/mol. The molecule has 0 atom stereocenters. The zero-order valence-corrected chi connectivity index (χ0v) is 6.75. The highest BCUT2D eigenvalue weighted by molar-refractivity contribution is 5.37. The molecule has 1 aromatic rings. The maximum Gasteiger partial charge on any atom is -0.0190 e. The summed E-state index contributed by atoms with van der Waals surface area (Å²) in [7, 11) is 0. The second kappa shape index (κ2) is 3.77. The second-order valence-corrected chi connectivity index (χ2v) is 2.39. The Bertz CT molecular complexity index is 345. The van der Waals surface area contributed by atoms with Crippen molar-refractivity contribution >= 4 is 12.7 Å². The Morgan fingerprint density at radius 3 is 2.64 bits per heavy atom. The van der Waals surface area contributed by atoms with Crippen molar-refractivity contribution in [3.05, 3.63) is 46.9 Å². The SMILES string of the molecule is C=c1cccc/c1=C\C=C\C. The highest BCUT2D eigenvalue weighted by atomic mass is 13.8. The Morgan fingerprint density at radius 1 is 1.27 bits per heavy atom. The van der Waals surface area contributed by atoms with Gasteiger partial charge in [-0.25, -0.2) is 0 Å². The molecule has 0 fully saturated rings. The summed E-state index contributed by atoms with van der Waals surface area (Å²) in [5.41, 5.74) is 0. The molecule has 0 saturated carbocycles. The van der Waals surface area contributed by atoms with E-state index >= 15 is 0 Å². The fraction of sp³-hybridized carbons (Fsp3) is 0.0909. The molecule has 1 aromatic carbocycles.